The van der Waals surface area contributed by atoms with Gasteiger partial charge in [-0.3, -0.25) is 9.69 Å². The number of carbonyl (C=O) groups excluding carboxylic acids is 1. The summed E-state index contributed by atoms with van der Waals surface area (Å²) in [4.78, 5) is 16.7. The molecular formula is C13H26ClN3O. The van der Waals surface area contributed by atoms with Gasteiger partial charge in [-0.15, -0.1) is 12.4 Å². The van der Waals surface area contributed by atoms with Gasteiger partial charge in [0.15, 0.2) is 0 Å². The fourth-order valence-electron chi connectivity index (χ4n) is 2.85. The number of rotatable bonds is 2. The third-order valence-electron chi connectivity index (χ3n) is 3.97. The lowest BCUT2D eigenvalue weighted by molar-refractivity contribution is -0.137. The number of amides is 1. The minimum Gasteiger partial charge on any atom is -0.341 e. The van der Waals surface area contributed by atoms with Gasteiger partial charge in [0.05, 0.1) is 6.04 Å². The molecule has 0 bridgehead atoms. The average Bonchev–Trinajstić information content (AvgIpc) is 2.38. The Morgan fingerprint density at radius 2 is 1.89 bits per heavy atom. The average molecular weight is 276 g/mol. The fourth-order valence-corrected chi connectivity index (χ4v) is 2.85. The van der Waals surface area contributed by atoms with Crippen LogP contribution in [0.15, 0.2) is 0 Å². The number of hydrogen-bond acceptors (Lipinski definition) is 3. The monoisotopic (exact) mass is 275 g/mol. The van der Waals surface area contributed by atoms with Crippen LogP contribution in [0.25, 0.3) is 0 Å². The van der Waals surface area contributed by atoms with Crippen molar-refractivity contribution in [1.82, 2.24) is 15.1 Å². The zero-order valence-electron chi connectivity index (χ0n) is 11.5. The Morgan fingerprint density at radius 1 is 1.22 bits per heavy atom. The molecule has 2 rings (SSSR count). The summed E-state index contributed by atoms with van der Waals surface area (Å²) in [5.41, 5.74) is 0. The molecule has 2 aliphatic rings. The molecule has 0 aromatic heterocycles. The second-order valence-electron chi connectivity index (χ2n) is 5.41. The first-order valence-corrected chi connectivity index (χ1v) is 6.94. The molecule has 0 radical (unpaired) electrons. The summed E-state index contributed by atoms with van der Waals surface area (Å²) in [6.07, 6.45) is 3.63. The highest BCUT2D eigenvalue weighted by molar-refractivity contribution is 5.85. The maximum absolute atomic E-state index is 12.4. The number of nitrogens with one attached hydrogen (secondary N) is 1. The lowest BCUT2D eigenvalue weighted by atomic mass is 10.1. The SMILES string of the molecule is CC1CN(C(C)C(=O)N2CCCCC2)CCN1.Cl. The zero-order chi connectivity index (χ0) is 12.3. The summed E-state index contributed by atoms with van der Waals surface area (Å²) in [7, 11) is 0. The van der Waals surface area contributed by atoms with Gasteiger partial charge < -0.3 is 10.2 Å². The molecule has 18 heavy (non-hydrogen) atoms. The first-order valence-electron chi connectivity index (χ1n) is 6.94. The van der Waals surface area contributed by atoms with Crippen molar-refractivity contribution in [2.75, 3.05) is 32.7 Å². The van der Waals surface area contributed by atoms with Crippen molar-refractivity contribution in [3.8, 4) is 0 Å². The normalized spacial score (nSPS) is 27.4. The number of piperidine rings is 1. The van der Waals surface area contributed by atoms with Crippen LogP contribution in [0.5, 0.6) is 0 Å². The number of hydrogen-bond donors (Lipinski definition) is 1. The molecule has 0 aromatic rings. The topological polar surface area (TPSA) is 35.6 Å². The molecule has 2 atom stereocenters. The zero-order valence-corrected chi connectivity index (χ0v) is 12.3. The second-order valence-corrected chi connectivity index (χ2v) is 5.41. The Hall–Kier alpha value is -0.320. The fraction of sp³-hybridized carbons (Fsp3) is 0.923. The van der Waals surface area contributed by atoms with Crippen LogP contribution < -0.4 is 5.32 Å². The van der Waals surface area contributed by atoms with Crippen LogP contribution in [0.2, 0.25) is 0 Å². The van der Waals surface area contributed by atoms with Crippen molar-refractivity contribution in [2.45, 2.75) is 45.2 Å². The van der Waals surface area contributed by atoms with Gasteiger partial charge in [-0.05, 0) is 33.1 Å². The van der Waals surface area contributed by atoms with E-state index in [4.69, 9.17) is 0 Å². The Bertz CT molecular complexity index is 269. The molecular weight excluding hydrogens is 250 g/mol. The summed E-state index contributed by atoms with van der Waals surface area (Å²) in [5.74, 6) is 0.332. The van der Waals surface area contributed by atoms with Gasteiger partial charge in [0.2, 0.25) is 5.91 Å². The molecule has 1 amide bonds. The molecule has 2 unspecified atom stereocenters. The van der Waals surface area contributed by atoms with Gasteiger partial charge >= 0.3 is 0 Å². The van der Waals surface area contributed by atoms with Crippen LogP contribution in [0.4, 0.5) is 0 Å². The first kappa shape index (κ1) is 15.7. The number of nitrogens with zero attached hydrogens (tertiary/aromatic N) is 2. The molecule has 2 saturated heterocycles. The van der Waals surface area contributed by atoms with Crippen molar-refractivity contribution in [3.05, 3.63) is 0 Å². The van der Waals surface area contributed by atoms with E-state index in [2.05, 4.69) is 29.0 Å². The van der Waals surface area contributed by atoms with E-state index >= 15 is 0 Å². The number of halogens is 1. The third kappa shape index (κ3) is 3.84. The van der Waals surface area contributed by atoms with Crippen molar-refractivity contribution in [2.24, 2.45) is 0 Å². The van der Waals surface area contributed by atoms with Crippen molar-refractivity contribution < 1.29 is 4.79 Å². The molecule has 4 nitrogen and oxygen atoms in total. The molecule has 5 heteroatoms. The Kier molecular flexibility index (Phi) is 6.39. The van der Waals surface area contributed by atoms with Crippen LogP contribution >= 0.6 is 12.4 Å². The highest BCUT2D eigenvalue weighted by atomic mass is 35.5. The number of piperazine rings is 1. The third-order valence-corrected chi connectivity index (χ3v) is 3.97. The maximum atomic E-state index is 12.4. The lowest BCUT2D eigenvalue weighted by Gasteiger charge is -2.38. The summed E-state index contributed by atoms with van der Waals surface area (Å²) in [6, 6.07) is 0.554. The van der Waals surface area contributed by atoms with Gasteiger partial charge in [-0.2, -0.15) is 0 Å². The van der Waals surface area contributed by atoms with Gasteiger partial charge in [-0.25, -0.2) is 0 Å². The van der Waals surface area contributed by atoms with Crippen molar-refractivity contribution >= 4 is 18.3 Å². The predicted octanol–water partition coefficient (Wildman–Crippen LogP) is 1.10. The summed E-state index contributed by atoms with van der Waals surface area (Å²) in [5, 5.41) is 3.42. The predicted molar refractivity (Wildman–Crippen MR) is 76.2 cm³/mol. The van der Waals surface area contributed by atoms with E-state index in [0.29, 0.717) is 11.9 Å². The molecule has 0 aromatic carbocycles. The van der Waals surface area contributed by atoms with E-state index in [1.54, 1.807) is 0 Å². The minimum absolute atomic E-state index is 0. The van der Waals surface area contributed by atoms with E-state index < -0.39 is 0 Å². The van der Waals surface area contributed by atoms with Gasteiger partial charge in [0.25, 0.3) is 0 Å². The largest absolute Gasteiger partial charge is 0.341 e. The standard InChI is InChI=1S/C13H25N3O.ClH/c1-11-10-16(9-6-14-11)12(2)13(17)15-7-4-3-5-8-15;/h11-12,14H,3-10H2,1-2H3;1H. The maximum Gasteiger partial charge on any atom is 0.239 e. The molecule has 2 fully saturated rings. The minimum atomic E-state index is 0. The highest BCUT2D eigenvalue weighted by Gasteiger charge is 2.29. The highest BCUT2D eigenvalue weighted by Crippen LogP contribution is 2.13. The van der Waals surface area contributed by atoms with Crippen LogP contribution in [-0.4, -0.2) is 60.5 Å². The van der Waals surface area contributed by atoms with Crippen LogP contribution in [0.3, 0.4) is 0 Å². The van der Waals surface area contributed by atoms with Crippen LogP contribution in [0, 0.1) is 0 Å². The number of likely N-dealkylation sites (tertiary alicyclic amines) is 1. The van der Waals surface area contributed by atoms with Gasteiger partial charge in [0.1, 0.15) is 0 Å². The lowest BCUT2D eigenvalue weighted by Crippen LogP contribution is -2.56. The quantitative estimate of drug-likeness (QED) is 0.820. The van der Waals surface area contributed by atoms with E-state index in [0.717, 1.165) is 32.7 Å². The van der Waals surface area contributed by atoms with Gasteiger partial charge in [-0.1, -0.05) is 0 Å². The molecule has 2 heterocycles. The Balaban J connectivity index is 0.00000162. The van der Waals surface area contributed by atoms with E-state index in [9.17, 15) is 4.79 Å². The van der Waals surface area contributed by atoms with E-state index in [-0.39, 0.29) is 18.4 Å². The molecule has 106 valence electrons. The Morgan fingerprint density at radius 3 is 2.50 bits per heavy atom. The first-order chi connectivity index (χ1) is 8.18. The van der Waals surface area contributed by atoms with Crippen molar-refractivity contribution in [3.63, 3.8) is 0 Å². The Labute approximate surface area is 116 Å². The van der Waals surface area contributed by atoms with Gasteiger partial charge in [0, 0.05) is 38.8 Å². The molecule has 1 N–H and O–H groups in total. The van der Waals surface area contributed by atoms with E-state index in [1.807, 2.05) is 0 Å². The molecule has 0 saturated carbocycles. The summed E-state index contributed by atoms with van der Waals surface area (Å²) in [6.45, 7) is 9.15. The molecule has 0 aliphatic carbocycles. The molecule has 0 spiro atoms. The summed E-state index contributed by atoms with van der Waals surface area (Å²) >= 11 is 0. The summed E-state index contributed by atoms with van der Waals surface area (Å²) < 4.78 is 0. The number of carbonyl (C=O) groups is 1. The van der Waals surface area contributed by atoms with Crippen molar-refractivity contribution in [1.29, 1.82) is 0 Å². The molecule has 2 aliphatic heterocycles. The second kappa shape index (κ2) is 7.31. The van der Waals surface area contributed by atoms with Crippen LogP contribution in [0.1, 0.15) is 33.1 Å². The smallest absolute Gasteiger partial charge is 0.239 e. The van der Waals surface area contributed by atoms with E-state index in [1.165, 1.54) is 19.3 Å². The van der Waals surface area contributed by atoms with Crippen LogP contribution in [-0.2, 0) is 4.79 Å².